The van der Waals surface area contributed by atoms with Crippen molar-refractivity contribution in [2.24, 2.45) is 0 Å². The minimum Gasteiger partial charge on any atom is -0.494 e. The van der Waals surface area contributed by atoms with Gasteiger partial charge in [-0.1, -0.05) is 19.1 Å². The van der Waals surface area contributed by atoms with E-state index in [0.717, 1.165) is 29.5 Å². The molecule has 1 unspecified atom stereocenters. The molecular weight excluding hydrogens is 256 g/mol. The molecule has 4 heteroatoms. The summed E-state index contributed by atoms with van der Waals surface area (Å²) in [4.78, 5) is 4.56. The highest BCUT2D eigenvalue weighted by Crippen LogP contribution is 2.25. The van der Waals surface area contributed by atoms with Gasteiger partial charge in [-0.25, -0.2) is 4.98 Å². The van der Waals surface area contributed by atoms with Crippen LogP contribution in [0.2, 0.25) is 0 Å². The number of aryl methyl sites for hydroxylation is 1. The lowest BCUT2D eigenvalue weighted by Crippen LogP contribution is -2.18. The van der Waals surface area contributed by atoms with E-state index >= 15 is 0 Å². The average molecular weight is 276 g/mol. The molecule has 0 amide bonds. The smallest absolute Gasteiger partial charge is 0.119 e. The van der Waals surface area contributed by atoms with Gasteiger partial charge in [0.2, 0.25) is 0 Å². The summed E-state index contributed by atoms with van der Waals surface area (Å²) in [6.45, 7) is 4.90. The highest BCUT2D eigenvalue weighted by atomic mass is 32.1. The van der Waals surface area contributed by atoms with Crippen LogP contribution in [0, 0.1) is 6.92 Å². The normalized spacial score (nSPS) is 12.4. The molecule has 0 aliphatic rings. The van der Waals surface area contributed by atoms with Gasteiger partial charge in [0.1, 0.15) is 5.75 Å². The van der Waals surface area contributed by atoms with Crippen molar-refractivity contribution >= 4 is 11.3 Å². The molecule has 0 fully saturated rings. The maximum Gasteiger partial charge on any atom is 0.119 e. The first kappa shape index (κ1) is 14.0. The Labute approximate surface area is 118 Å². The van der Waals surface area contributed by atoms with Gasteiger partial charge in [-0.3, -0.25) is 0 Å². The zero-order valence-electron chi connectivity index (χ0n) is 11.6. The number of ether oxygens (including phenoxy) is 1. The van der Waals surface area contributed by atoms with Gasteiger partial charge in [0.15, 0.2) is 0 Å². The van der Waals surface area contributed by atoms with E-state index in [0.29, 0.717) is 0 Å². The van der Waals surface area contributed by atoms with Crippen LogP contribution in [-0.2, 0) is 0 Å². The van der Waals surface area contributed by atoms with E-state index in [4.69, 9.17) is 4.74 Å². The monoisotopic (exact) mass is 276 g/mol. The van der Waals surface area contributed by atoms with Crippen molar-refractivity contribution < 1.29 is 4.74 Å². The molecule has 2 rings (SSSR count). The Kier molecular flexibility index (Phi) is 4.93. The van der Waals surface area contributed by atoms with Crippen LogP contribution in [0.4, 0.5) is 0 Å². The second-order valence-electron chi connectivity index (χ2n) is 4.43. The van der Waals surface area contributed by atoms with Gasteiger partial charge >= 0.3 is 0 Å². The molecule has 2 aromatic rings. The number of hydrogen-bond donors (Lipinski definition) is 1. The maximum absolute atomic E-state index is 5.60. The zero-order chi connectivity index (χ0) is 13.7. The lowest BCUT2D eigenvalue weighted by molar-refractivity contribution is 0.317. The largest absolute Gasteiger partial charge is 0.494 e. The number of hydrogen-bond acceptors (Lipinski definition) is 4. The molecular formula is C15H20N2OS. The van der Waals surface area contributed by atoms with Gasteiger partial charge in [-0.2, -0.15) is 0 Å². The first-order valence-electron chi connectivity index (χ1n) is 6.56. The Morgan fingerprint density at radius 1 is 1.32 bits per heavy atom. The number of nitrogens with zero attached hydrogens (tertiary/aromatic N) is 1. The highest BCUT2D eigenvalue weighted by Gasteiger charge is 2.14. The second-order valence-corrected chi connectivity index (χ2v) is 5.49. The van der Waals surface area contributed by atoms with Gasteiger partial charge in [0.05, 0.1) is 23.4 Å². The molecule has 0 aliphatic heterocycles. The van der Waals surface area contributed by atoms with Crippen molar-refractivity contribution in [1.82, 2.24) is 10.3 Å². The molecule has 0 saturated heterocycles. The fourth-order valence-electron chi connectivity index (χ4n) is 1.97. The number of nitrogens with one attached hydrogen (secondary N) is 1. The maximum atomic E-state index is 5.60. The minimum atomic E-state index is 0.144. The van der Waals surface area contributed by atoms with Crippen molar-refractivity contribution in [3.8, 4) is 5.75 Å². The quantitative estimate of drug-likeness (QED) is 0.876. The molecule has 1 aromatic heterocycles. The summed E-state index contributed by atoms with van der Waals surface area (Å²) in [7, 11) is 1.96. The number of thiazole rings is 1. The Morgan fingerprint density at radius 2 is 2.05 bits per heavy atom. The molecule has 3 nitrogen and oxygen atoms in total. The Hall–Kier alpha value is -1.39. The van der Waals surface area contributed by atoms with Gasteiger partial charge in [-0.15, -0.1) is 11.3 Å². The van der Waals surface area contributed by atoms with E-state index in [1.165, 1.54) is 5.56 Å². The summed E-state index contributed by atoms with van der Waals surface area (Å²) in [5, 5.41) is 6.52. The predicted octanol–water partition coefficient (Wildman–Crippen LogP) is 3.55. The van der Waals surface area contributed by atoms with E-state index in [1.807, 2.05) is 26.1 Å². The SMILES string of the molecule is CCCOc1ccc(C(NC)c2csc(C)n2)cc1. The van der Waals surface area contributed by atoms with Crippen LogP contribution < -0.4 is 10.1 Å². The van der Waals surface area contributed by atoms with Crippen LogP contribution in [-0.4, -0.2) is 18.6 Å². The lowest BCUT2D eigenvalue weighted by atomic mass is 10.0. The molecule has 1 heterocycles. The topological polar surface area (TPSA) is 34.1 Å². The van der Waals surface area contributed by atoms with E-state index in [2.05, 4.69) is 34.7 Å². The molecule has 0 saturated carbocycles. The van der Waals surface area contributed by atoms with Crippen LogP contribution in [0.1, 0.15) is 35.7 Å². The van der Waals surface area contributed by atoms with E-state index in [-0.39, 0.29) is 6.04 Å². The van der Waals surface area contributed by atoms with Crippen molar-refractivity contribution in [3.05, 3.63) is 45.9 Å². The van der Waals surface area contributed by atoms with E-state index < -0.39 is 0 Å². The van der Waals surface area contributed by atoms with Crippen molar-refractivity contribution in [2.75, 3.05) is 13.7 Å². The second kappa shape index (κ2) is 6.68. The van der Waals surface area contributed by atoms with E-state index in [9.17, 15) is 0 Å². The summed E-state index contributed by atoms with van der Waals surface area (Å²) in [6, 6.07) is 8.38. The average Bonchev–Trinajstić information content (AvgIpc) is 2.85. The van der Waals surface area contributed by atoms with Crippen LogP contribution in [0.15, 0.2) is 29.6 Å². The summed E-state index contributed by atoms with van der Waals surface area (Å²) >= 11 is 1.68. The van der Waals surface area contributed by atoms with Gasteiger partial charge < -0.3 is 10.1 Å². The molecule has 1 aromatic carbocycles. The summed E-state index contributed by atoms with van der Waals surface area (Å²) < 4.78 is 5.60. The van der Waals surface area contributed by atoms with Crippen LogP contribution >= 0.6 is 11.3 Å². The fourth-order valence-corrected chi connectivity index (χ4v) is 2.61. The number of benzene rings is 1. The first-order chi connectivity index (χ1) is 9.24. The molecule has 0 spiro atoms. The van der Waals surface area contributed by atoms with E-state index in [1.54, 1.807) is 11.3 Å². The number of aromatic nitrogens is 1. The molecule has 0 radical (unpaired) electrons. The zero-order valence-corrected chi connectivity index (χ0v) is 12.5. The number of rotatable bonds is 6. The van der Waals surface area contributed by atoms with Gasteiger partial charge in [0, 0.05) is 5.38 Å². The van der Waals surface area contributed by atoms with Crippen molar-refractivity contribution in [1.29, 1.82) is 0 Å². The highest BCUT2D eigenvalue weighted by molar-refractivity contribution is 7.09. The molecule has 0 bridgehead atoms. The summed E-state index contributed by atoms with van der Waals surface area (Å²) in [5.74, 6) is 0.926. The Balaban J connectivity index is 2.15. The van der Waals surface area contributed by atoms with Gasteiger partial charge in [0.25, 0.3) is 0 Å². The molecule has 1 atom stereocenters. The third kappa shape index (κ3) is 3.55. The van der Waals surface area contributed by atoms with Gasteiger partial charge in [-0.05, 0) is 38.1 Å². The Morgan fingerprint density at radius 3 is 2.58 bits per heavy atom. The molecule has 1 N–H and O–H groups in total. The summed E-state index contributed by atoms with van der Waals surface area (Å²) in [6.07, 6.45) is 1.03. The first-order valence-corrected chi connectivity index (χ1v) is 7.44. The lowest BCUT2D eigenvalue weighted by Gasteiger charge is -2.15. The minimum absolute atomic E-state index is 0.144. The molecule has 19 heavy (non-hydrogen) atoms. The molecule has 0 aliphatic carbocycles. The van der Waals surface area contributed by atoms with Crippen LogP contribution in [0.25, 0.3) is 0 Å². The predicted molar refractivity (Wildman–Crippen MR) is 80.0 cm³/mol. The van der Waals surface area contributed by atoms with Crippen LogP contribution in [0.3, 0.4) is 0 Å². The fraction of sp³-hybridized carbons (Fsp3) is 0.400. The third-order valence-corrected chi connectivity index (χ3v) is 3.70. The third-order valence-electron chi connectivity index (χ3n) is 2.91. The molecule has 102 valence electrons. The van der Waals surface area contributed by atoms with Crippen molar-refractivity contribution in [3.63, 3.8) is 0 Å². The standard InChI is InChI=1S/C15H20N2OS/c1-4-9-18-13-7-5-12(6-8-13)15(16-3)14-10-19-11(2)17-14/h5-8,10,15-16H,4,9H2,1-3H3. The Bertz CT molecular complexity index is 507. The van der Waals surface area contributed by atoms with Crippen LogP contribution in [0.5, 0.6) is 5.75 Å². The van der Waals surface area contributed by atoms with Crippen molar-refractivity contribution in [2.45, 2.75) is 26.3 Å². The summed E-state index contributed by atoms with van der Waals surface area (Å²) in [5.41, 5.74) is 2.28.